The fourth-order valence-corrected chi connectivity index (χ4v) is 2.94. The Morgan fingerprint density at radius 3 is 2.67 bits per heavy atom. The fraction of sp³-hybridized carbons (Fsp3) is 0.625. The molecule has 1 atom stereocenters. The lowest BCUT2D eigenvalue weighted by atomic mass is 9.98. The molecule has 1 aliphatic rings. The van der Waals surface area contributed by atoms with E-state index in [1.54, 1.807) is 0 Å². The summed E-state index contributed by atoms with van der Waals surface area (Å²) in [6.45, 7) is 10.9. The Hall–Kier alpha value is -1.02. The summed E-state index contributed by atoms with van der Waals surface area (Å²) in [7, 11) is 0. The molecule has 1 aliphatic heterocycles. The standard InChI is InChI=1S/C16H25NO/c1-5-18-15-11-7-6-9-13(15)14-10-8-12-17(14)16(2,3)4/h6-7,9,11,14H,5,8,10,12H2,1-4H3. The summed E-state index contributed by atoms with van der Waals surface area (Å²) >= 11 is 0. The van der Waals surface area contributed by atoms with E-state index in [0.717, 1.165) is 12.4 Å². The van der Waals surface area contributed by atoms with Crippen LogP contribution in [0.5, 0.6) is 5.75 Å². The van der Waals surface area contributed by atoms with Crippen molar-refractivity contribution in [1.29, 1.82) is 0 Å². The lowest BCUT2D eigenvalue weighted by molar-refractivity contribution is 0.119. The number of nitrogens with zero attached hydrogens (tertiary/aromatic N) is 1. The van der Waals surface area contributed by atoms with Crippen LogP contribution in [0.4, 0.5) is 0 Å². The molecular formula is C16H25NO. The van der Waals surface area contributed by atoms with E-state index in [1.165, 1.54) is 24.9 Å². The van der Waals surface area contributed by atoms with Crippen LogP contribution in [0, 0.1) is 0 Å². The van der Waals surface area contributed by atoms with Gasteiger partial charge < -0.3 is 4.74 Å². The number of para-hydroxylation sites is 1. The summed E-state index contributed by atoms with van der Waals surface area (Å²) in [6, 6.07) is 9.01. The Morgan fingerprint density at radius 2 is 2.00 bits per heavy atom. The molecule has 2 heteroatoms. The molecule has 0 aromatic heterocycles. The number of likely N-dealkylation sites (tertiary alicyclic amines) is 1. The zero-order valence-corrected chi connectivity index (χ0v) is 12.1. The summed E-state index contributed by atoms with van der Waals surface area (Å²) < 4.78 is 5.78. The summed E-state index contributed by atoms with van der Waals surface area (Å²) in [6.07, 6.45) is 2.52. The first-order valence-corrected chi connectivity index (χ1v) is 7.02. The lowest BCUT2D eigenvalue weighted by Crippen LogP contribution is -2.40. The minimum atomic E-state index is 0.223. The Bertz CT molecular complexity index is 394. The second-order valence-electron chi connectivity index (χ2n) is 5.99. The average molecular weight is 247 g/mol. The van der Waals surface area contributed by atoms with E-state index in [0.29, 0.717) is 6.04 Å². The van der Waals surface area contributed by atoms with Gasteiger partial charge in [0.15, 0.2) is 0 Å². The molecule has 0 radical (unpaired) electrons. The van der Waals surface area contributed by atoms with Gasteiger partial charge in [-0.1, -0.05) is 18.2 Å². The predicted octanol–water partition coefficient (Wildman–Crippen LogP) is 4.02. The van der Waals surface area contributed by atoms with E-state index in [2.05, 4.69) is 49.9 Å². The molecule has 100 valence electrons. The third-order valence-corrected chi connectivity index (χ3v) is 3.69. The highest BCUT2D eigenvalue weighted by Crippen LogP contribution is 2.40. The molecule has 1 unspecified atom stereocenters. The van der Waals surface area contributed by atoms with Crippen molar-refractivity contribution in [3.63, 3.8) is 0 Å². The van der Waals surface area contributed by atoms with Crippen LogP contribution in [0.25, 0.3) is 0 Å². The second kappa shape index (κ2) is 5.31. The first kappa shape index (κ1) is 13.4. The molecule has 1 aromatic carbocycles. The summed E-state index contributed by atoms with van der Waals surface area (Å²) in [5.41, 5.74) is 1.58. The fourth-order valence-electron chi connectivity index (χ4n) is 2.94. The van der Waals surface area contributed by atoms with E-state index in [9.17, 15) is 0 Å². The van der Waals surface area contributed by atoms with E-state index in [-0.39, 0.29) is 5.54 Å². The van der Waals surface area contributed by atoms with Gasteiger partial charge in [-0.2, -0.15) is 0 Å². The first-order valence-electron chi connectivity index (χ1n) is 7.02. The third kappa shape index (κ3) is 2.69. The highest BCUT2D eigenvalue weighted by molar-refractivity contribution is 5.36. The van der Waals surface area contributed by atoms with Crippen LogP contribution in [0.15, 0.2) is 24.3 Å². The highest BCUT2D eigenvalue weighted by atomic mass is 16.5. The molecule has 1 saturated heterocycles. The topological polar surface area (TPSA) is 12.5 Å². The van der Waals surface area contributed by atoms with Gasteiger partial charge in [-0.15, -0.1) is 0 Å². The second-order valence-corrected chi connectivity index (χ2v) is 5.99. The van der Waals surface area contributed by atoms with Gasteiger partial charge in [0.1, 0.15) is 5.75 Å². The van der Waals surface area contributed by atoms with Crippen LogP contribution in [-0.4, -0.2) is 23.6 Å². The SMILES string of the molecule is CCOc1ccccc1C1CCCN1C(C)(C)C. The molecule has 0 saturated carbocycles. The molecular weight excluding hydrogens is 222 g/mol. The maximum absolute atomic E-state index is 5.78. The van der Waals surface area contributed by atoms with Crippen molar-refractivity contribution < 1.29 is 4.74 Å². The van der Waals surface area contributed by atoms with Crippen LogP contribution in [0.1, 0.15) is 52.1 Å². The van der Waals surface area contributed by atoms with Gasteiger partial charge in [0, 0.05) is 17.1 Å². The molecule has 0 aliphatic carbocycles. The van der Waals surface area contributed by atoms with Crippen LogP contribution < -0.4 is 4.74 Å². The van der Waals surface area contributed by atoms with Crippen molar-refractivity contribution >= 4 is 0 Å². The smallest absolute Gasteiger partial charge is 0.124 e. The number of rotatable bonds is 3. The predicted molar refractivity (Wildman–Crippen MR) is 76.0 cm³/mol. The van der Waals surface area contributed by atoms with E-state index >= 15 is 0 Å². The molecule has 0 N–H and O–H groups in total. The number of ether oxygens (including phenoxy) is 1. The van der Waals surface area contributed by atoms with Crippen LogP contribution in [-0.2, 0) is 0 Å². The van der Waals surface area contributed by atoms with Gasteiger partial charge in [0.05, 0.1) is 6.61 Å². The Morgan fingerprint density at radius 1 is 1.28 bits per heavy atom. The molecule has 2 rings (SSSR count). The van der Waals surface area contributed by atoms with Gasteiger partial charge in [0.2, 0.25) is 0 Å². The zero-order valence-electron chi connectivity index (χ0n) is 12.1. The van der Waals surface area contributed by atoms with E-state index < -0.39 is 0 Å². The van der Waals surface area contributed by atoms with Crippen molar-refractivity contribution in [2.24, 2.45) is 0 Å². The summed E-state index contributed by atoms with van der Waals surface area (Å²) in [5, 5.41) is 0. The number of hydrogen-bond acceptors (Lipinski definition) is 2. The normalized spacial score (nSPS) is 21.2. The van der Waals surface area contributed by atoms with Crippen LogP contribution >= 0.6 is 0 Å². The third-order valence-electron chi connectivity index (χ3n) is 3.69. The van der Waals surface area contributed by atoms with Gasteiger partial charge in [-0.05, 0) is 53.1 Å². The average Bonchev–Trinajstić information content (AvgIpc) is 2.78. The zero-order chi connectivity index (χ0) is 13.2. The van der Waals surface area contributed by atoms with Gasteiger partial charge in [0.25, 0.3) is 0 Å². The van der Waals surface area contributed by atoms with Crippen LogP contribution in [0.2, 0.25) is 0 Å². The van der Waals surface area contributed by atoms with E-state index in [4.69, 9.17) is 4.74 Å². The Labute approximate surface area is 111 Å². The molecule has 1 aromatic rings. The largest absolute Gasteiger partial charge is 0.494 e. The Balaban J connectivity index is 2.30. The van der Waals surface area contributed by atoms with Gasteiger partial charge in [-0.3, -0.25) is 4.90 Å². The molecule has 1 fully saturated rings. The molecule has 0 spiro atoms. The number of benzene rings is 1. The quantitative estimate of drug-likeness (QED) is 0.800. The van der Waals surface area contributed by atoms with Crippen molar-refractivity contribution in [2.45, 2.75) is 52.1 Å². The van der Waals surface area contributed by atoms with Crippen molar-refractivity contribution in [1.82, 2.24) is 4.90 Å². The van der Waals surface area contributed by atoms with Crippen molar-refractivity contribution in [3.05, 3.63) is 29.8 Å². The van der Waals surface area contributed by atoms with Crippen molar-refractivity contribution in [3.8, 4) is 5.75 Å². The summed E-state index contributed by atoms with van der Waals surface area (Å²) in [4.78, 5) is 2.60. The highest BCUT2D eigenvalue weighted by Gasteiger charge is 2.34. The van der Waals surface area contributed by atoms with Crippen molar-refractivity contribution in [2.75, 3.05) is 13.2 Å². The maximum Gasteiger partial charge on any atom is 0.124 e. The molecule has 0 amide bonds. The minimum absolute atomic E-state index is 0.223. The molecule has 18 heavy (non-hydrogen) atoms. The number of hydrogen-bond donors (Lipinski definition) is 0. The lowest BCUT2D eigenvalue weighted by Gasteiger charge is -2.37. The Kier molecular flexibility index (Phi) is 3.96. The monoisotopic (exact) mass is 247 g/mol. The molecule has 2 nitrogen and oxygen atoms in total. The van der Waals surface area contributed by atoms with Gasteiger partial charge >= 0.3 is 0 Å². The minimum Gasteiger partial charge on any atom is -0.494 e. The molecule has 0 bridgehead atoms. The maximum atomic E-state index is 5.78. The first-order chi connectivity index (χ1) is 8.54. The van der Waals surface area contributed by atoms with Crippen LogP contribution in [0.3, 0.4) is 0 Å². The summed E-state index contributed by atoms with van der Waals surface area (Å²) in [5.74, 6) is 1.06. The molecule has 1 heterocycles. The van der Waals surface area contributed by atoms with E-state index in [1.807, 2.05) is 6.92 Å². The van der Waals surface area contributed by atoms with Gasteiger partial charge in [-0.25, -0.2) is 0 Å².